The predicted molar refractivity (Wildman–Crippen MR) is 103 cm³/mol. The zero-order valence-corrected chi connectivity index (χ0v) is 15.9. The van der Waals surface area contributed by atoms with Gasteiger partial charge in [0.05, 0.1) is 6.10 Å². The van der Waals surface area contributed by atoms with Crippen molar-refractivity contribution in [2.45, 2.75) is 38.3 Å². The summed E-state index contributed by atoms with van der Waals surface area (Å²) in [6.45, 7) is 3.92. The Morgan fingerprint density at radius 1 is 1.23 bits per heavy atom. The summed E-state index contributed by atoms with van der Waals surface area (Å²) in [7, 11) is 4.02. The van der Waals surface area contributed by atoms with E-state index in [1.165, 1.54) is 0 Å². The van der Waals surface area contributed by atoms with Crippen molar-refractivity contribution in [2.75, 3.05) is 39.1 Å². The van der Waals surface area contributed by atoms with E-state index in [-0.39, 0.29) is 18.0 Å². The average molecular weight is 362 g/mol. The molecule has 144 valence electrons. The molecule has 0 radical (unpaired) electrons. The summed E-state index contributed by atoms with van der Waals surface area (Å²) in [5.74, 6) is -0.0658. The standard InChI is InChI=1S/C19H30N4O3/c1-4-26-17(11-12-23(2)3)13-20-19(25)22-16-7-5-14(6-8-16)18(24)21-15-9-10-15/h5-8,15,17H,4,9-13H2,1-3H3,(H,21,24)(H2,20,22,25). The van der Waals surface area contributed by atoms with E-state index in [4.69, 9.17) is 4.74 Å². The van der Waals surface area contributed by atoms with Gasteiger partial charge in [0.2, 0.25) is 0 Å². The van der Waals surface area contributed by atoms with Crippen molar-refractivity contribution in [2.24, 2.45) is 0 Å². The van der Waals surface area contributed by atoms with Gasteiger partial charge in [-0.05, 0) is 64.5 Å². The first-order valence-electron chi connectivity index (χ1n) is 9.20. The first-order valence-corrected chi connectivity index (χ1v) is 9.20. The molecule has 0 heterocycles. The largest absolute Gasteiger partial charge is 0.377 e. The molecule has 0 aliphatic heterocycles. The number of hydrogen-bond donors (Lipinski definition) is 3. The van der Waals surface area contributed by atoms with Crippen molar-refractivity contribution in [3.05, 3.63) is 29.8 Å². The number of carbonyl (C=O) groups excluding carboxylic acids is 2. The Hall–Kier alpha value is -2.12. The summed E-state index contributed by atoms with van der Waals surface area (Å²) >= 11 is 0. The Kier molecular flexibility index (Phi) is 7.87. The molecule has 1 atom stereocenters. The summed E-state index contributed by atoms with van der Waals surface area (Å²) in [5, 5.41) is 8.55. The summed E-state index contributed by atoms with van der Waals surface area (Å²) < 4.78 is 5.66. The SMILES string of the molecule is CCOC(CCN(C)C)CNC(=O)Nc1ccc(C(=O)NC2CC2)cc1. The minimum absolute atomic E-state index is 0.0124. The van der Waals surface area contributed by atoms with Crippen LogP contribution in [0.4, 0.5) is 10.5 Å². The second kappa shape index (κ2) is 10.1. The lowest BCUT2D eigenvalue weighted by Crippen LogP contribution is -2.37. The molecule has 7 heteroatoms. The maximum absolute atomic E-state index is 12.1. The predicted octanol–water partition coefficient (Wildman–Crippen LogP) is 2.06. The summed E-state index contributed by atoms with van der Waals surface area (Å²) in [6, 6.07) is 6.94. The third kappa shape index (κ3) is 7.41. The van der Waals surface area contributed by atoms with E-state index in [9.17, 15) is 9.59 Å². The number of amides is 3. The molecule has 1 fully saturated rings. The quantitative estimate of drug-likeness (QED) is 0.595. The molecular formula is C19H30N4O3. The van der Waals surface area contributed by atoms with Gasteiger partial charge in [0.15, 0.2) is 0 Å². The van der Waals surface area contributed by atoms with Crippen molar-refractivity contribution in [1.82, 2.24) is 15.5 Å². The molecule has 26 heavy (non-hydrogen) atoms. The van der Waals surface area contributed by atoms with Gasteiger partial charge in [0, 0.05) is 37.0 Å². The van der Waals surface area contributed by atoms with Crippen LogP contribution in [0.25, 0.3) is 0 Å². The lowest BCUT2D eigenvalue weighted by Gasteiger charge is -2.20. The minimum Gasteiger partial charge on any atom is -0.377 e. The molecular weight excluding hydrogens is 332 g/mol. The topological polar surface area (TPSA) is 82.7 Å². The molecule has 1 aliphatic carbocycles. The Morgan fingerprint density at radius 2 is 1.92 bits per heavy atom. The second-order valence-corrected chi connectivity index (χ2v) is 6.83. The van der Waals surface area contributed by atoms with Crippen LogP contribution < -0.4 is 16.0 Å². The third-order valence-corrected chi connectivity index (χ3v) is 4.11. The molecule has 0 saturated heterocycles. The number of hydrogen-bond acceptors (Lipinski definition) is 4. The molecule has 3 amide bonds. The molecule has 1 aromatic rings. The zero-order valence-electron chi connectivity index (χ0n) is 15.9. The highest BCUT2D eigenvalue weighted by Gasteiger charge is 2.23. The number of ether oxygens (including phenoxy) is 1. The average Bonchev–Trinajstić information content (AvgIpc) is 3.42. The smallest absolute Gasteiger partial charge is 0.319 e. The number of benzene rings is 1. The molecule has 0 spiro atoms. The highest BCUT2D eigenvalue weighted by atomic mass is 16.5. The van der Waals surface area contributed by atoms with Crippen LogP contribution in [0.1, 0.15) is 36.5 Å². The van der Waals surface area contributed by atoms with Crippen LogP contribution >= 0.6 is 0 Å². The fourth-order valence-electron chi connectivity index (χ4n) is 2.47. The van der Waals surface area contributed by atoms with E-state index in [1.54, 1.807) is 24.3 Å². The molecule has 3 N–H and O–H groups in total. The van der Waals surface area contributed by atoms with Gasteiger partial charge in [-0.3, -0.25) is 4.79 Å². The summed E-state index contributed by atoms with van der Waals surface area (Å²) in [6.07, 6.45) is 2.96. The van der Waals surface area contributed by atoms with Gasteiger partial charge in [-0.25, -0.2) is 4.79 Å². The van der Waals surface area contributed by atoms with Gasteiger partial charge in [-0.1, -0.05) is 0 Å². The van der Waals surface area contributed by atoms with Crippen LogP contribution in [-0.2, 0) is 4.74 Å². The van der Waals surface area contributed by atoms with E-state index in [2.05, 4.69) is 20.9 Å². The Labute approximate surface area is 155 Å². The minimum atomic E-state index is -0.283. The summed E-state index contributed by atoms with van der Waals surface area (Å²) in [5.41, 5.74) is 1.25. The highest BCUT2D eigenvalue weighted by Crippen LogP contribution is 2.19. The Balaban J connectivity index is 1.76. The van der Waals surface area contributed by atoms with E-state index in [0.29, 0.717) is 30.4 Å². The van der Waals surface area contributed by atoms with Gasteiger partial charge in [0.25, 0.3) is 5.91 Å². The van der Waals surface area contributed by atoms with Crippen LogP contribution in [-0.4, -0.2) is 62.8 Å². The third-order valence-electron chi connectivity index (χ3n) is 4.11. The fourth-order valence-corrected chi connectivity index (χ4v) is 2.47. The lowest BCUT2D eigenvalue weighted by atomic mass is 10.2. The van der Waals surface area contributed by atoms with Crippen LogP contribution in [0.5, 0.6) is 0 Å². The van der Waals surface area contributed by atoms with E-state index < -0.39 is 0 Å². The number of anilines is 1. The van der Waals surface area contributed by atoms with Crippen LogP contribution in [0.15, 0.2) is 24.3 Å². The van der Waals surface area contributed by atoms with Crippen LogP contribution in [0.3, 0.4) is 0 Å². The van der Waals surface area contributed by atoms with Crippen LogP contribution in [0.2, 0.25) is 0 Å². The molecule has 1 aliphatic rings. The second-order valence-electron chi connectivity index (χ2n) is 6.83. The van der Waals surface area contributed by atoms with Crippen molar-refractivity contribution in [3.63, 3.8) is 0 Å². The molecule has 1 saturated carbocycles. The van der Waals surface area contributed by atoms with E-state index >= 15 is 0 Å². The Bertz CT molecular complexity index is 585. The van der Waals surface area contributed by atoms with E-state index in [1.807, 2.05) is 21.0 Å². The number of urea groups is 1. The molecule has 1 unspecified atom stereocenters. The van der Waals surface area contributed by atoms with Gasteiger partial charge in [-0.15, -0.1) is 0 Å². The fraction of sp³-hybridized carbons (Fsp3) is 0.579. The molecule has 2 rings (SSSR count). The van der Waals surface area contributed by atoms with Gasteiger partial charge >= 0.3 is 6.03 Å². The Morgan fingerprint density at radius 3 is 2.50 bits per heavy atom. The maximum Gasteiger partial charge on any atom is 0.319 e. The van der Waals surface area contributed by atoms with Crippen molar-refractivity contribution in [3.8, 4) is 0 Å². The van der Waals surface area contributed by atoms with Crippen molar-refractivity contribution < 1.29 is 14.3 Å². The number of nitrogens with zero attached hydrogens (tertiary/aromatic N) is 1. The number of rotatable bonds is 10. The molecule has 7 nitrogen and oxygen atoms in total. The van der Waals surface area contributed by atoms with Gasteiger partial charge in [0.1, 0.15) is 0 Å². The summed E-state index contributed by atoms with van der Waals surface area (Å²) in [4.78, 5) is 26.1. The normalized spacial score (nSPS) is 14.8. The zero-order chi connectivity index (χ0) is 18.9. The first kappa shape index (κ1) is 20.2. The number of nitrogens with one attached hydrogen (secondary N) is 3. The van der Waals surface area contributed by atoms with Crippen molar-refractivity contribution in [1.29, 1.82) is 0 Å². The monoisotopic (exact) mass is 362 g/mol. The van der Waals surface area contributed by atoms with Crippen molar-refractivity contribution >= 4 is 17.6 Å². The first-order chi connectivity index (χ1) is 12.5. The van der Waals surface area contributed by atoms with Crippen LogP contribution in [0, 0.1) is 0 Å². The maximum atomic E-state index is 12.1. The molecule has 0 bridgehead atoms. The highest BCUT2D eigenvalue weighted by molar-refractivity contribution is 5.95. The molecule has 1 aromatic carbocycles. The molecule has 0 aromatic heterocycles. The van der Waals surface area contributed by atoms with E-state index in [0.717, 1.165) is 25.8 Å². The van der Waals surface area contributed by atoms with Gasteiger partial charge in [-0.2, -0.15) is 0 Å². The lowest BCUT2D eigenvalue weighted by molar-refractivity contribution is 0.0538. The van der Waals surface area contributed by atoms with Gasteiger partial charge < -0.3 is 25.6 Å². The number of carbonyl (C=O) groups is 2.